The lowest BCUT2D eigenvalue weighted by atomic mass is 10.2. The molecule has 2 aromatic carbocycles. The minimum Gasteiger partial charge on any atom is -0.493 e. The summed E-state index contributed by atoms with van der Waals surface area (Å²) >= 11 is 0. The highest BCUT2D eigenvalue weighted by Gasteiger charge is 2.01. The Bertz CT molecular complexity index is 605. The largest absolute Gasteiger partial charge is 0.493 e. The lowest BCUT2D eigenvalue weighted by Crippen LogP contribution is -2.13. The molecule has 0 radical (unpaired) electrons. The number of hydrogen-bond acceptors (Lipinski definition) is 3. The van der Waals surface area contributed by atoms with Crippen molar-refractivity contribution in [1.29, 1.82) is 0 Å². The third kappa shape index (κ3) is 6.63. The molecule has 24 heavy (non-hydrogen) atoms. The van der Waals surface area contributed by atoms with Gasteiger partial charge in [-0.25, -0.2) is 0 Å². The van der Waals surface area contributed by atoms with Gasteiger partial charge in [0.05, 0.1) is 12.7 Å². The molecule has 0 aromatic heterocycles. The molecule has 0 amide bonds. The van der Waals surface area contributed by atoms with Crippen LogP contribution in [0.4, 0.5) is 0 Å². The van der Waals surface area contributed by atoms with Crippen LogP contribution in [0.25, 0.3) is 0 Å². The van der Waals surface area contributed by atoms with E-state index < -0.39 is 0 Å². The predicted molar refractivity (Wildman–Crippen MR) is 99.5 cm³/mol. The molecule has 0 heterocycles. The smallest absolute Gasteiger partial charge is 0.119 e. The van der Waals surface area contributed by atoms with Crippen LogP contribution in [0, 0.1) is 5.92 Å². The fraction of sp³-hybridized carbons (Fsp3) is 0.429. The Morgan fingerprint density at radius 2 is 1.54 bits per heavy atom. The molecule has 2 rings (SSSR count). The quantitative estimate of drug-likeness (QED) is 0.718. The molecule has 2 aromatic rings. The van der Waals surface area contributed by atoms with Gasteiger partial charge in [0.15, 0.2) is 0 Å². The maximum Gasteiger partial charge on any atom is 0.119 e. The third-order valence-corrected chi connectivity index (χ3v) is 3.44. The highest BCUT2D eigenvalue weighted by Crippen LogP contribution is 2.16. The summed E-state index contributed by atoms with van der Waals surface area (Å²) in [6, 6.07) is 16.5. The molecule has 0 saturated heterocycles. The molecule has 1 N–H and O–H groups in total. The minimum absolute atomic E-state index is 0.208. The molecule has 0 saturated carbocycles. The summed E-state index contributed by atoms with van der Waals surface area (Å²) < 4.78 is 11.4. The summed E-state index contributed by atoms with van der Waals surface area (Å²) in [5.41, 5.74) is 2.48. The summed E-state index contributed by atoms with van der Waals surface area (Å²) in [6.45, 7) is 10.8. The van der Waals surface area contributed by atoms with Crippen molar-refractivity contribution in [1.82, 2.24) is 5.32 Å². The van der Waals surface area contributed by atoms with Crippen molar-refractivity contribution in [3.63, 3.8) is 0 Å². The average molecular weight is 327 g/mol. The van der Waals surface area contributed by atoms with Crippen LogP contribution in [-0.4, -0.2) is 12.7 Å². The second kappa shape index (κ2) is 9.33. The van der Waals surface area contributed by atoms with Crippen molar-refractivity contribution >= 4 is 0 Å². The zero-order valence-corrected chi connectivity index (χ0v) is 15.2. The van der Waals surface area contributed by atoms with E-state index in [9.17, 15) is 0 Å². The van der Waals surface area contributed by atoms with Gasteiger partial charge in [0.2, 0.25) is 0 Å². The van der Waals surface area contributed by atoms with Crippen molar-refractivity contribution < 1.29 is 9.47 Å². The predicted octanol–water partition coefficient (Wildman–Crippen LogP) is 4.80. The summed E-state index contributed by atoms with van der Waals surface area (Å²) in [4.78, 5) is 0. The Kier molecular flexibility index (Phi) is 7.13. The fourth-order valence-corrected chi connectivity index (χ4v) is 2.32. The van der Waals surface area contributed by atoms with Crippen molar-refractivity contribution in [2.75, 3.05) is 6.61 Å². The van der Waals surface area contributed by atoms with E-state index in [1.807, 2.05) is 38.1 Å². The molecule has 0 bridgehead atoms. The van der Waals surface area contributed by atoms with E-state index in [0.717, 1.165) is 31.2 Å². The summed E-state index contributed by atoms with van der Waals surface area (Å²) in [5.74, 6) is 2.40. The van der Waals surface area contributed by atoms with E-state index >= 15 is 0 Å². The zero-order valence-electron chi connectivity index (χ0n) is 15.2. The molecule has 0 spiro atoms. The Hall–Kier alpha value is -2.00. The van der Waals surface area contributed by atoms with Gasteiger partial charge in [-0.15, -0.1) is 0 Å². The molecule has 0 aliphatic carbocycles. The molecule has 0 atom stereocenters. The number of ether oxygens (including phenoxy) is 2. The Labute approximate surface area is 146 Å². The van der Waals surface area contributed by atoms with Crippen LogP contribution in [0.3, 0.4) is 0 Å². The normalized spacial score (nSPS) is 11.1. The Morgan fingerprint density at radius 3 is 2.21 bits per heavy atom. The molecule has 0 fully saturated rings. The van der Waals surface area contributed by atoms with Gasteiger partial charge in [0, 0.05) is 13.1 Å². The minimum atomic E-state index is 0.208. The van der Waals surface area contributed by atoms with Crippen LogP contribution in [0.5, 0.6) is 11.5 Å². The van der Waals surface area contributed by atoms with Crippen LogP contribution in [0.15, 0.2) is 48.5 Å². The molecule has 0 unspecified atom stereocenters. The van der Waals surface area contributed by atoms with Gasteiger partial charge in [-0.2, -0.15) is 0 Å². The number of hydrogen-bond donors (Lipinski definition) is 1. The summed E-state index contributed by atoms with van der Waals surface area (Å²) in [6.07, 6.45) is 0.208. The van der Waals surface area contributed by atoms with Gasteiger partial charge in [-0.1, -0.05) is 38.1 Å². The number of nitrogens with one attached hydrogen (secondary N) is 1. The van der Waals surface area contributed by atoms with Gasteiger partial charge < -0.3 is 14.8 Å². The van der Waals surface area contributed by atoms with Gasteiger partial charge in [-0.3, -0.25) is 0 Å². The van der Waals surface area contributed by atoms with Crippen LogP contribution in [-0.2, 0) is 13.1 Å². The topological polar surface area (TPSA) is 30.5 Å². The van der Waals surface area contributed by atoms with Crippen LogP contribution in [0.2, 0.25) is 0 Å². The van der Waals surface area contributed by atoms with E-state index in [2.05, 4.69) is 43.4 Å². The van der Waals surface area contributed by atoms with E-state index in [-0.39, 0.29) is 6.10 Å². The van der Waals surface area contributed by atoms with E-state index in [1.54, 1.807) is 0 Å². The van der Waals surface area contributed by atoms with Gasteiger partial charge in [0.25, 0.3) is 0 Å². The van der Waals surface area contributed by atoms with Crippen molar-refractivity contribution in [2.45, 2.75) is 46.9 Å². The maximum atomic E-state index is 5.78. The first-order valence-corrected chi connectivity index (χ1v) is 8.71. The summed E-state index contributed by atoms with van der Waals surface area (Å²) in [5, 5.41) is 3.47. The first kappa shape index (κ1) is 18.3. The van der Waals surface area contributed by atoms with Crippen LogP contribution < -0.4 is 14.8 Å². The molecule has 0 aliphatic rings. The second-order valence-electron chi connectivity index (χ2n) is 6.77. The third-order valence-electron chi connectivity index (χ3n) is 3.44. The molecule has 0 aliphatic heterocycles. The first-order chi connectivity index (χ1) is 11.5. The van der Waals surface area contributed by atoms with Crippen LogP contribution in [0.1, 0.15) is 38.8 Å². The highest BCUT2D eigenvalue weighted by atomic mass is 16.5. The second-order valence-corrected chi connectivity index (χ2v) is 6.77. The number of rotatable bonds is 9. The SMILES string of the molecule is CC(C)COc1cccc(CNCc2ccc(OC(C)C)cc2)c1. The number of benzene rings is 2. The lowest BCUT2D eigenvalue weighted by Gasteiger charge is -2.11. The maximum absolute atomic E-state index is 5.78. The standard InChI is InChI=1S/C21H29NO2/c1-16(2)15-23-21-7-5-6-19(12-21)14-22-13-18-8-10-20(11-9-18)24-17(3)4/h5-12,16-17,22H,13-15H2,1-4H3. The Morgan fingerprint density at radius 1 is 0.833 bits per heavy atom. The lowest BCUT2D eigenvalue weighted by molar-refractivity contribution is 0.242. The van der Waals surface area contributed by atoms with Gasteiger partial charge in [-0.05, 0) is 55.2 Å². The monoisotopic (exact) mass is 327 g/mol. The first-order valence-electron chi connectivity index (χ1n) is 8.71. The summed E-state index contributed by atoms with van der Waals surface area (Å²) in [7, 11) is 0. The molecule has 3 heteroatoms. The molecule has 3 nitrogen and oxygen atoms in total. The highest BCUT2D eigenvalue weighted by molar-refractivity contribution is 5.29. The molecular formula is C21H29NO2. The van der Waals surface area contributed by atoms with Gasteiger partial charge >= 0.3 is 0 Å². The van der Waals surface area contributed by atoms with E-state index in [1.165, 1.54) is 11.1 Å². The van der Waals surface area contributed by atoms with E-state index in [4.69, 9.17) is 9.47 Å². The molecular weight excluding hydrogens is 298 g/mol. The Balaban J connectivity index is 1.80. The van der Waals surface area contributed by atoms with Crippen molar-refractivity contribution in [3.8, 4) is 11.5 Å². The van der Waals surface area contributed by atoms with Crippen molar-refractivity contribution in [2.24, 2.45) is 5.92 Å². The average Bonchev–Trinajstić information content (AvgIpc) is 2.54. The van der Waals surface area contributed by atoms with E-state index in [0.29, 0.717) is 5.92 Å². The van der Waals surface area contributed by atoms with Crippen LogP contribution >= 0.6 is 0 Å². The molecule has 130 valence electrons. The van der Waals surface area contributed by atoms with Gasteiger partial charge in [0.1, 0.15) is 11.5 Å². The zero-order chi connectivity index (χ0) is 17.4. The van der Waals surface area contributed by atoms with Crippen molar-refractivity contribution in [3.05, 3.63) is 59.7 Å². The fourth-order valence-electron chi connectivity index (χ4n) is 2.32.